The van der Waals surface area contributed by atoms with Gasteiger partial charge in [-0.25, -0.2) is 0 Å². The highest BCUT2D eigenvalue weighted by atomic mass is 16.4. The fourth-order valence-corrected chi connectivity index (χ4v) is 4.45. The summed E-state index contributed by atoms with van der Waals surface area (Å²) in [5, 5.41) is 25.7. The average molecular weight is 517 g/mol. The van der Waals surface area contributed by atoms with Crippen LogP contribution >= 0.6 is 0 Å². The lowest BCUT2D eigenvalue weighted by Gasteiger charge is -2.29. The predicted octanol–water partition coefficient (Wildman–Crippen LogP) is 3.91. The maximum absolute atomic E-state index is 13.6. The van der Waals surface area contributed by atoms with Gasteiger partial charge in [0, 0.05) is 6.42 Å². The molecule has 7 nitrogen and oxygen atoms in total. The Morgan fingerprint density at radius 2 is 1.24 bits per heavy atom. The number of benzene rings is 3. The monoisotopic (exact) mass is 516 g/mol. The number of carbonyl (C=O) groups is 3. The van der Waals surface area contributed by atoms with Crippen molar-refractivity contribution in [1.29, 1.82) is 0 Å². The third-order valence-electron chi connectivity index (χ3n) is 6.52. The van der Waals surface area contributed by atoms with Gasteiger partial charge in [0.2, 0.25) is 11.8 Å². The molecule has 0 bridgehead atoms. The number of hydrogen-bond acceptors (Lipinski definition) is 4. The molecular formula is C31H36N2O5. The Morgan fingerprint density at radius 3 is 1.71 bits per heavy atom. The van der Waals surface area contributed by atoms with Gasteiger partial charge in [0.25, 0.3) is 0 Å². The van der Waals surface area contributed by atoms with Gasteiger partial charge in [-0.3, -0.25) is 14.4 Å². The molecule has 4 N–H and O–H groups in total. The molecule has 38 heavy (non-hydrogen) atoms. The lowest BCUT2D eigenvalue weighted by atomic mass is 9.89. The first-order chi connectivity index (χ1) is 18.3. The first-order valence-corrected chi connectivity index (χ1v) is 12.9. The maximum atomic E-state index is 13.6. The zero-order chi connectivity index (χ0) is 27.5. The molecule has 3 aromatic rings. The number of rotatable bonds is 13. The molecule has 0 saturated carbocycles. The van der Waals surface area contributed by atoms with Crippen LogP contribution in [0, 0.1) is 5.92 Å². The van der Waals surface area contributed by atoms with Crippen LogP contribution in [-0.4, -0.2) is 46.2 Å². The molecule has 0 radical (unpaired) electrons. The number of aliphatic hydroxyl groups excluding tert-OH is 1. The van der Waals surface area contributed by atoms with Crippen LogP contribution in [-0.2, 0) is 20.8 Å². The van der Waals surface area contributed by atoms with Crippen LogP contribution in [0.15, 0.2) is 91.0 Å². The molecule has 0 saturated heterocycles. The van der Waals surface area contributed by atoms with Gasteiger partial charge in [0.1, 0.15) is 6.04 Å². The number of carbonyl (C=O) groups excluding carboxylic acids is 2. The standard InChI is InChI=1S/C31H36N2O5/c1-21(2)29(33-30(37)28(23-14-8-4-9-15-23)24-16-10-5-11-17-24)31(38)32-25(26(34)18-19-27(35)36)20-22-12-6-3-7-13-22/h3-17,21,25-26,28-29,34H,18-20H2,1-2H3,(H,32,38)(H,33,37)(H,35,36)/t25-,26-,29?/m0/s1. The SMILES string of the molecule is CC(C)C(NC(=O)C(c1ccccc1)c1ccccc1)C(=O)N[C@@H](Cc1ccccc1)[C@@H](O)CCC(=O)O. The molecule has 7 heteroatoms. The Morgan fingerprint density at radius 1 is 0.737 bits per heavy atom. The Labute approximate surface area is 223 Å². The highest BCUT2D eigenvalue weighted by Crippen LogP contribution is 2.25. The minimum atomic E-state index is -1.07. The second kappa shape index (κ2) is 14.1. The fraction of sp³-hybridized carbons (Fsp3) is 0.323. The first kappa shape index (κ1) is 28.6. The number of aliphatic hydroxyl groups is 1. The van der Waals surface area contributed by atoms with Crippen molar-refractivity contribution in [2.45, 2.75) is 57.2 Å². The van der Waals surface area contributed by atoms with Crippen molar-refractivity contribution in [3.8, 4) is 0 Å². The Balaban J connectivity index is 1.81. The van der Waals surface area contributed by atoms with Crippen LogP contribution in [0.4, 0.5) is 0 Å². The highest BCUT2D eigenvalue weighted by molar-refractivity contribution is 5.92. The lowest BCUT2D eigenvalue weighted by molar-refractivity contribution is -0.137. The van der Waals surface area contributed by atoms with E-state index < -0.39 is 36.0 Å². The van der Waals surface area contributed by atoms with E-state index in [2.05, 4.69) is 10.6 Å². The van der Waals surface area contributed by atoms with Gasteiger partial charge in [-0.1, -0.05) is 105 Å². The van der Waals surface area contributed by atoms with E-state index in [-0.39, 0.29) is 24.7 Å². The summed E-state index contributed by atoms with van der Waals surface area (Å²) >= 11 is 0. The van der Waals surface area contributed by atoms with Gasteiger partial charge in [-0.05, 0) is 35.4 Å². The molecular weight excluding hydrogens is 480 g/mol. The summed E-state index contributed by atoms with van der Waals surface area (Å²) in [4.78, 5) is 38.2. The van der Waals surface area contributed by atoms with Crippen molar-refractivity contribution in [2.24, 2.45) is 5.92 Å². The molecule has 3 atom stereocenters. The van der Waals surface area contributed by atoms with Crippen molar-refractivity contribution in [2.75, 3.05) is 0 Å². The molecule has 0 aromatic heterocycles. The number of carboxylic acid groups (broad SMARTS) is 1. The highest BCUT2D eigenvalue weighted by Gasteiger charge is 2.32. The van der Waals surface area contributed by atoms with E-state index >= 15 is 0 Å². The van der Waals surface area contributed by atoms with Crippen LogP contribution < -0.4 is 10.6 Å². The summed E-state index contributed by atoms with van der Waals surface area (Å²) < 4.78 is 0. The lowest BCUT2D eigenvalue weighted by Crippen LogP contribution is -2.55. The van der Waals surface area contributed by atoms with Crippen LogP contribution in [0.2, 0.25) is 0 Å². The molecule has 0 aliphatic carbocycles. The first-order valence-electron chi connectivity index (χ1n) is 12.9. The van der Waals surface area contributed by atoms with Gasteiger partial charge in [-0.15, -0.1) is 0 Å². The summed E-state index contributed by atoms with van der Waals surface area (Å²) in [6, 6.07) is 26.6. The number of carboxylic acids is 1. The van der Waals surface area contributed by atoms with E-state index in [1.165, 1.54) is 0 Å². The summed E-state index contributed by atoms with van der Waals surface area (Å²) in [6.07, 6.45) is -0.971. The Hall–Kier alpha value is -3.97. The molecule has 0 heterocycles. The van der Waals surface area contributed by atoms with Crippen LogP contribution in [0.3, 0.4) is 0 Å². The fourth-order valence-electron chi connectivity index (χ4n) is 4.45. The van der Waals surface area contributed by atoms with Crippen molar-refractivity contribution in [3.05, 3.63) is 108 Å². The van der Waals surface area contributed by atoms with Crippen molar-refractivity contribution in [1.82, 2.24) is 10.6 Å². The largest absolute Gasteiger partial charge is 0.481 e. The van der Waals surface area contributed by atoms with Gasteiger partial charge in [0.05, 0.1) is 18.1 Å². The molecule has 1 unspecified atom stereocenters. The van der Waals surface area contributed by atoms with E-state index in [1.807, 2.05) is 105 Å². The zero-order valence-electron chi connectivity index (χ0n) is 21.8. The predicted molar refractivity (Wildman–Crippen MR) is 146 cm³/mol. The van der Waals surface area contributed by atoms with Gasteiger partial charge < -0.3 is 20.8 Å². The van der Waals surface area contributed by atoms with E-state index in [9.17, 15) is 19.5 Å². The zero-order valence-corrected chi connectivity index (χ0v) is 21.8. The van der Waals surface area contributed by atoms with Crippen LogP contribution in [0.25, 0.3) is 0 Å². The molecule has 0 aliphatic rings. The smallest absolute Gasteiger partial charge is 0.303 e. The van der Waals surface area contributed by atoms with Crippen molar-refractivity contribution in [3.63, 3.8) is 0 Å². The number of hydrogen-bond donors (Lipinski definition) is 4. The summed E-state index contributed by atoms with van der Waals surface area (Å²) in [6.45, 7) is 3.69. The van der Waals surface area contributed by atoms with Crippen LogP contribution in [0.1, 0.15) is 49.3 Å². The number of aliphatic carboxylic acids is 1. The Kier molecular flexibility index (Phi) is 10.6. The third kappa shape index (κ3) is 8.28. The normalized spacial score (nSPS) is 13.5. The minimum Gasteiger partial charge on any atom is -0.481 e. The third-order valence-corrected chi connectivity index (χ3v) is 6.52. The maximum Gasteiger partial charge on any atom is 0.303 e. The molecule has 2 amide bonds. The summed E-state index contributed by atoms with van der Waals surface area (Å²) in [5.74, 6) is -2.59. The second-order valence-electron chi connectivity index (χ2n) is 9.79. The van der Waals surface area contributed by atoms with Crippen LogP contribution in [0.5, 0.6) is 0 Å². The van der Waals surface area contributed by atoms with Crippen molar-refractivity contribution < 1.29 is 24.6 Å². The molecule has 3 aromatic carbocycles. The molecule has 0 aliphatic heterocycles. The minimum absolute atomic E-state index is 0.00406. The van der Waals surface area contributed by atoms with Crippen molar-refractivity contribution >= 4 is 17.8 Å². The molecule has 200 valence electrons. The van der Waals surface area contributed by atoms with E-state index in [0.717, 1.165) is 16.7 Å². The second-order valence-corrected chi connectivity index (χ2v) is 9.79. The molecule has 0 fully saturated rings. The quantitative estimate of drug-likeness (QED) is 0.275. The number of nitrogens with one attached hydrogen (secondary N) is 2. The van der Waals surface area contributed by atoms with Gasteiger partial charge >= 0.3 is 5.97 Å². The van der Waals surface area contributed by atoms with E-state index in [4.69, 9.17) is 5.11 Å². The topological polar surface area (TPSA) is 116 Å². The molecule has 0 spiro atoms. The van der Waals surface area contributed by atoms with E-state index in [0.29, 0.717) is 6.42 Å². The average Bonchev–Trinajstić information content (AvgIpc) is 2.91. The summed E-state index contributed by atoms with van der Waals surface area (Å²) in [7, 11) is 0. The number of amides is 2. The van der Waals surface area contributed by atoms with Gasteiger partial charge in [-0.2, -0.15) is 0 Å². The van der Waals surface area contributed by atoms with Gasteiger partial charge in [0.15, 0.2) is 0 Å². The Bertz CT molecular complexity index is 1130. The molecule has 3 rings (SSSR count). The summed E-state index contributed by atoms with van der Waals surface area (Å²) in [5.41, 5.74) is 2.51. The van der Waals surface area contributed by atoms with E-state index in [1.54, 1.807) is 0 Å².